The Kier molecular flexibility index (Phi) is 11.6. The van der Waals surface area contributed by atoms with Gasteiger partial charge >= 0.3 is 5.97 Å². The van der Waals surface area contributed by atoms with Crippen molar-refractivity contribution in [2.75, 3.05) is 13.2 Å². The van der Waals surface area contributed by atoms with Gasteiger partial charge in [-0.25, -0.2) is 0 Å². The second-order valence-corrected chi connectivity index (χ2v) is 10.4. The number of hydrogen-bond acceptors (Lipinski definition) is 5. The molecule has 3 rings (SSSR count). The van der Waals surface area contributed by atoms with Crippen LogP contribution in [0.1, 0.15) is 44.2 Å². The summed E-state index contributed by atoms with van der Waals surface area (Å²) in [5.41, 5.74) is 2.07. The Bertz CT molecular complexity index is 1050. The van der Waals surface area contributed by atoms with Gasteiger partial charge in [-0.1, -0.05) is 86.7 Å². The Balaban J connectivity index is 1.69. The fourth-order valence-electron chi connectivity index (χ4n) is 4.53. The molecule has 0 aromatic heterocycles. The number of cyclic esters (lactones) is 1. The van der Waals surface area contributed by atoms with Gasteiger partial charge in [0, 0.05) is 6.42 Å². The lowest BCUT2D eigenvalue weighted by molar-refractivity contribution is -0.150. The minimum absolute atomic E-state index is 0.000486. The average Bonchev–Trinajstić information content (AvgIpc) is 2.91. The molecule has 0 radical (unpaired) electrons. The van der Waals surface area contributed by atoms with Crippen LogP contribution in [0.3, 0.4) is 0 Å². The molecule has 0 fully saturated rings. The van der Waals surface area contributed by atoms with Crippen LogP contribution in [0.5, 0.6) is 0 Å². The number of allylic oxidation sites excluding steroid dienone is 2. The van der Waals surface area contributed by atoms with E-state index in [9.17, 15) is 19.5 Å². The van der Waals surface area contributed by atoms with Crippen LogP contribution in [0, 0.1) is 17.8 Å². The number of amides is 2. The zero-order chi connectivity index (χ0) is 27.3. The molecule has 0 spiro atoms. The lowest BCUT2D eigenvalue weighted by Gasteiger charge is -2.26. The molecule has 0 saturated heterocycles. The molecule has 38 heavy (non-hydrogen) atoms. The molecule has 7 heteroatoms. The second-order valence-electron chi connectivity index (χ2n) is 10.4. The van der Waals surface area contributed by atoms with E-state index in [1.807, 2.05) is 86.7 Å². The normalized spacial score (nSPS) is 21.5. The standard InChI is InChI=1S/C31H40N2O5/c1-22(2)28-21-38-31(37)26(17-23-11-5-3-6-12-23)16-10-9-15-25(30(36)33-28)19-29(35)32-27(20-34)18-24-13-7-4-8-14-24/h3-14,22,25-28,34H,15-21H2,1-2H3,(H,32,35)(H,33,36)/t25-,26-,27-,28-/m1/s1. The number of aliphatic hydroxyl groups is 1. The molecule has 2 amide bonds. The summed E-state index contributed by atoms with van der Waals surface area (Å²) in [6.45, 7) is 3.81. The zero-order valence-corrected chi connectivity index (χ0v) is 22.3. The first-order valence-corrected chi connectivity index (χ1v) is 13.5. The maximum Gasteiger partial charge on any atom is 0.309 e. The van der Waals surface area contributed by atoms with E-state index in [0.717, 1.165) is 11.1 Å². The molecule has 1 heterocycles. The van der Waals surface area contributed by atoms with E-state index in [2.05, 4.69) is 10.6 Å². The highest BCUT2D eigenvalue weighted by Crippen LogP contribution is 2.19. The minimum Gasteiger partial charge on any atom is -0.463 e. The number of rotatable bonds is 9. The molecule has 1 aliphatic rings. The van der Waals surface area contributed by atoms with Crippen molar-refractivity contribution in [3.63, 3.8) is 0 Å². The van der Waals surface area contributed by atoms with Gasteiger partial charge in [-0.15, -0.1) is 0 Å². The summed E-state index contributed by atoms with van der Waals surface area (Å²) >= 11 is 0. The van der Waals surface area contributed by atoms with E-state index in [1.165, 1.54) is 0 Å². The summed E-state index contributed by atoms with van der Waals surface area (Å²) in [4.78, 5) is 39.0. The highest BCUT2D eigenvalue weighted by Gasteiger charge is 2.28. The third-order valence-electron chi connectivity index (χ3n) is 6.92. The smallest absolute Gasteiger partial charge is 0.309 e. The number of nitrogens with one attached hydrogen (secondary N) is 2. The lowest BCUT2D eigenvalue weighted by Crippen LogP contribution is -2.47. The molecule has 2 aromatic rings. The maximum atomic E-state index is 13.2. The maximum absolute atomic E-state index is 13.2. The minimum atomic E-state index is -0.578. The van der Waals surface area contributed by atoms with Gasteiger partial charge in [0.05, 0.1) is 30.5 Å². The van der Waals surface area contributed by atoms with Gasteiger partial charge in [0.2, 0.25) is 11.8 Å². The van der Waals surface area contributed by atoms with E-state index >= 15 is 0 Å². The van der Waals surface area contributed by atoms with E-state index < -0.39 is 12.0 Å². The van der Waals surface area contributed by atoms with Gasteiger partial charge in [0.15, 0.2) is 0 Å². The number of ether oxygens (including phenoxy) is 1. The van der Waals surface area contributed by atoms with Crippen molar-refractivity contribution in [1.82, 2.24) is 10.6 Å². The average molecular weight is 521 g/mol. The number of carbonyl (C=O) groups is 3. The summed E-state index contributed by atoms with van der Waals surface area (Å²) in [7, 11) is 0. The Morgan fingerprint density at radius 1 is 0.974 bits per heavy atom. The SMILES string of the molecule is CC(C)[C@H]1COC(=O)[C@@H](Cc2ccccc2)CC=CC[C@H](CC(=O)N[C@@H](CO)Cc2ccccc2)C(=O)N1. The molecule has 0 saturated carbocycles. The summed E-state index contributed by atoms with van der Waals surface area (Å²) in [6, 6.07) is 18.7. The van der Waals surface area contributed by atoms with Crippen LogP contribution in [-0.2, 0) is 32.0 Å². The van der Waals surface area contributed by atoms with Gasteiger partial charge in [0.1, 0.15) is 6.61 Å². The predicted octanol–water partition coefficient (Wildman–Crippen LogP) is 3.61. The molecule has 0 bridgehead atoms. The molecule has 4 atom stereocenters. The monoisotopic (exact) mass is 520 g/mol. The van der Waals surface area contributed by atoms with Crippen LogP contribution < -0.4 is 10.6 Å². The first-order valence-electron chi connectivity index (χ1n) is 13.5. The molecule has 7 nitrogen and oxygen atoms in total. The zero-order valence-electron chi connectivity index (χ0n) is 22.3. The van der Waals surface area contributed by atoms with Crippen LogP contribution in [0.15, 0.2) is 72.8 Å². The van der Waals surface area contributed by atoms with Gasteiger partial charge in [0.25, 0.3) is 0 Å². The Morgan fingerprint density at radius 3 is 2.18 bits per heavy atom. The lowest BCUT2D eigenvalue weighted by atomic mass is 9.93. The molecule has 2 aromatic carbocycles. The first-order chi connectivity index (χ1) is 18.4. The fraction of sp³-hybridized carbons (Fsp3) is 0.452. The molecule has 0 aliphatic carbocycles. The van der Waals surface area contributed by atoms with Crippen LogP contribution in [0.2, 0.25) is 0 Å². The Labute approximate surface area is 225 Å². The molecule has 204 valence electrons. The molecular weight excluding hydrogens is 480 g/mol. The van der Waals surface area contributed by atoms with Crippen molar-refractivity contribution in [2.45, 2.75) is 58.0 Å². The van der Waals surface area contributed by atoms with Gasteiger partial charge in [-0.05, 0) is 42.7 Å². The van der Waals surface area contributed by atoms with Crippen molar-refractivity contribution < 1.29 is 24.2 Å². The number of carbonyl (C=O) groups excluding carboxylic acids is 3. The molecule has 3 N–H and O–H groups in total. The van der Waals surface area contributed by atoms with Crippen molar-refractivity contribution in [2.24, 2.45) is 17.8 Å². The van der Waals surface area contributed by atoms with E-state index in [1.54, 1.807) is 0 Å². The van der Waals surface area contributed by atoms with Crippen molar-refractivity contribution in [1.29, 1.82) is 0 Å². The van der Waals surface area contributed by atoms with Crippen molar-refractivity contribution in [3.05, 3.63) is 83.9 Å². The third kappa shape index (κ3) is 9.45. The summed E-state index contributed by atoms with van der Waals surface area (Å²) in [6.07, 6.45) is 5.72. The largest absolute Gasteiger partial charge is 0.463 e. The first kappa shape index (κ1) is 29.1. The van der Waals surface area contributed by atoms with Crippen molar-refractivity contribution >= 4 is 17.8 Å². The summed E-state index contributed by atoms with van der Waals surface area (Å²) < 4.78 is 5.67. The summed E-state index contributed by atoms with van der Waals surface area (Å²) in [5, 5.41) is 15.7. The highest BCUT2D eigenvalue weighted by atomic mass is 16.5. The van der Waals surface area contributed by atoms with E-state index in [4.69, 9.17) is 4.74 Å². The Hall–Kier alpha value is -3.45. The second kappa shape index (κ2) is 15.1. The number of esters is 1. The van der Waals surface area contributed by atoms with Crippen LogP contribution >= 0.6 is 0 Å². The van der Waals surface area contributed by atoms with Crippen LogP contribution in [0.25, 0.3) is 0 Å². The van der Waals surface area contributed by atoms with Crippen molar-refractivity contribution in [3.8, 4) is 0 Å². The van der Waals surface area contributed by atoms with E-state index in [0.29, 0.717) is 25.7 Å². The van der Waals surface area contributed by atoms with E-state index in [-0.39, 0.29) is 55.3 Å². The van der Waals surface area contributed by atoms with Gasteiger partial charge in [-0.2, -0.15) is 0 Å². The predicted molar refractivity (Wildman–Crippen MR) is 147 cm³/mol. The van der Waals surface area contributed by atoms with Gasteiger partial charge < -0.3 is 20.5 Å². The molecular formula is C31H40N2O5. The highest BCUT2D eigenvalue weighted by molar-refractivity contribution is 5.86. The van der Waals surface area contributed by atoms with Crippen LogP contribution in [-0.4, -0.2) is 48.2 Å². The van der Waals surface area contributed by atoms with Crippen LogP contribution in [0.4, 0.5) is 0 Å². The molecule has 0 unspecified atom stereocenters. The number of aliphatic hydroxyl groups excluding tert-OH is 1. The van der Waals surface area contributed by atoms with Gasteiger partial charge in [-0.3, -0.25) is 14.4 Å². The quantitative estimate of drug-likeness (QED) is 0.346. The number of benzene rings is 2. The molecule has 1 aliphatic heterocycles. The third-order valence-corrected chi connectivity index (χ3v) is 6.92. The fourth-order valence-corrected chi connectivity index (χ4v) is 4.53. The Morgan fingerprint density at radius 2 is 1.58 bits per heavy atom. The number of hydrogen-bond donors (Lipinski definition) is 3. The summed E-state index contributed by atoms with van der Waals surface area (Å²) in [5.74, 6) is -1.67. The topological polar surface area (TPSA) is 105 Å².